The highest BCUT2D eigenvalue weighted by molar-refractivity contribution is 6.42. The summed E-state index contributed by atoms with van der Waals surface area (Å²) >= 11 is 11.7. The summed E-state index contributed by atoms with van der Waals surface area (Å²) in [5.74, 6) is -0.359. The predicted molar refractivity (Wildman–Crippen MR) is 145 cm³/mol. The second-order valence-corrected chi connectivity index (χ2v) is 8.41. The van der Waals surface area contributed by atoms with Crippen LogP contribution in [0.3, 0.4) is 0 Å². The van der Waals surface area contributed by atoms with Gasteiger partial charge >= 0.3 is 5.97 Å². The number of benzene rings is 3. The van der Waals surface area contributed by atoms with E-state index in [2.05, 4.69) is 15.8 Å². The third-order valence-corrected chi connectivity index (χ3v) is 5.60. The molecule has 0 fully saturated rings. The molecule has 0 heterocycles. The summed E-state index contributed by atoms with van der Waals surface area (Å²) in [5, 5.41) is 6.91. The Balaban J connectivity index is 1.56. The third kappa shape index (κ3) is 8.22. The smallest absolute Gasteiger partial charge is 0.343 e. The lowest BCUT2D eigenvalue weighted by Crippen LogP contribution is -2.34. The first kappa shape index (κ1) is 28.5. The minimum Gasteiger partial charge on any atom is -0.494 e. The highest BCUT2D eigenvalue weighted by atomic mass is 35.5. The molecule has 0 atom stereocenters. The number of hydrazone groups is 1. The molecule has 0 radical (unpaired) electrons. The molecule has 0 aromatic heterocycles. The van der Waals surface area contributed by atoms with Crippen LogP contribution in [-0.2, 0) is 4.79 Å². The van der Waals surface area contributed by atoms with Crippen molar-refractivity contribution in [3.63, 3.8) is 0 Å². The Hall–Kier alpha value is -4.08. The fourth-order valence-corrected chi connectivity index (χ4v) is 3.39. The second kappa shape index (κ2) is 14.0. The van der Waals surface area contributed by atoms with E-state index in [1.54, 1.807) is 49.4 Å². The van der Waals surface area contributed by atoms with Crippen LogP contribution in [0.2, 0.25) is 10.0 Å². The largest absolute Gasteiger partial charge is 0.494 e. The van der Waals surface area contributed by atoms with Gasteiger partial charge in [0, 0.05) is 5.56 Å². The molecule has 3 aromatic rings. The van der Waals surface area contributed by atoms with Crippen LogP contribution < -0.4 is 25.0 Å². The Labute approximate surface area is 229 Å². The predicted octanol–water partition coefficient (Wildman–Crippen LogP) is 4.89. The van der Waals surface area contributed by atoms with Crippen molar-refractivity contribution in [2.75, 3.05) is 19.8 Å². The van der Waals surface area contributed by atoms with Gasteiger partial charge in [-0.2, -0.15) is 5.10 Å². The van der Waals surface area contributed by atoms with Crippen molar-refractivity contribution in [3.05, 3.63) is 87.4 Å². The summed E-state index contributed by atoms with van der Waals surface area (Å²) < 4.78 is 16.5. The minimum atomic E-state index is -0.550. The number of esters is 1. The number of nitrogens with one attached hydrogen (secondary N) is 2. The molecule has 38 heavy (non-hydrogen) atoms. The van der Waals surface area contributed by atoms with Gasteiger partial charge in [-0.05, 0) is 80.1 Å². The van der Waals surface area contributed by atoms with E-state index in [4.69, 9.17) is 37.4 Å². The minimum absolute atomic E-state index is 0.233. The quantitative estimate of drug-likeness (QED) is 0.150. The van der Waals surface area contributed by atoms with Gasteiger partial charge in [-0.25, -0.2) is 10.2 Å². The van der Waals surface area contributed by atoms with Crippen molar-refractivity contribution in [1.82, 2.24) is 10.7 Å². The van der Waals surface area contributed by atoms with Crippen molar-refractivity contribution in [2.24, 2.45) is 5.10 Å². The van der Waals surface area contributed by atoms with Crippen LogP contribution in [-0.4, -0.2) is 43.8 Å². The molecule has 0 bridgehead atoms. The lowest BCUT2D eigenvalue weighted by atomic mass is 10.2. The van der Waals surface area contributed by atoms with Crippen LogP contribution in [0, 0.1) is 0 Å². The van der Waals surface area contributed by atoms with Crippen LogP contribution >= 0.6 is 23.2 Å². The van der Waals surface area contributed by atoms with Gasteiger partial charge in [0.1, 0.15) is 5.75 Å². The molecule has 0 unspecified atom stereocenters. The summed E-state index contributed by atoms with van der Waals surface area (Å²) in [4.78, 5) is 36.8. The van der Waals surface area contributed by atoms with E-state index in [0.717, 1.165) is 0 Å². The summed E-state index contributed by atoms with van der Waals surface area (Å²) in [5.41, 5.74) is 3.53. The average Bonchev–Trinajstić information content (AvgIpc) is 2.91. The highest BCUT2D eigenvalue weighted by Gasteiger charge is 2.14. The number of ether oxygens (including phenoxy) is 3. The van der Waals surface area contributed by atoms with E-state index in [1.807, 2.05) is 6.92 Å². The van der Waals surface area contributed by atoms with Gasteiger partial charge in [-0.1, -0.05) is 23.2 Å². The fourth-order valence-electron chi connectivity index (χ4n) is 3.09. The summed E-state index contributed by atoms with van der Waals surface area (Å²) in [6, 6.07) is 15.8. The number of carbonyl (C=O) groups is 3. The third-order valence-electron chi connectivity index (χ3n) is 4.87. The Morgan fingerprint density at radius 3 is 2.24 bits per heavy atom. The first-order valence-electron chi connectivity index (χ1n) is 11.6. The Bertz CT molecular complexity index is 1330. The molecule has 0 saturated heterocycles. The molecule has 0 aliphatic carbocycles. The Morgan fingerprint density at radius 1 is 0.842 bits per heavy atom. The molecule has 2 N–H and O–H groups in total. The molecule has 9 nitrogen and oxygen atoms in total. The molecular formula is C27H25Cl2N3O6. The van der Waals surface area contributed by atoms with E-state index in [0.29, 0.717) is 40.9 Å². The highest BCUT2D eigenvalue weighted by Crippen LogP contribution is 2.29. The molecule has 3 aromatic carbocycles. The van der Waals surface area contributed by atoms with Gasteiger partial charge in [-0.15, -0.1) is 0 Å². The van der Waals surface area contributed by atoms with E-state index in [1.165, 1.54) is 24.4 Å². The van der Waals surface area contributed by atoms with Crippen molar-refractivity contribution in [2.45, 2.75) is 13.8 Å². The number of halogens is 2. The molecule has 11 heteroatoms. The number of amides is 2. The van der Waals surface area contributed by atoms with Crippen molar-refractivity contribution < 1.29 is 28.6 Å². The van der Waals surface area contributed by atoms with Gasteiger partial charge in [0.2, 0.25) is 0 Å². The van der Waals surface area contributed by atoms with Gasteiger partial charge in [-0.3, -0.25) is 9.59 Å². The number of carbonyl (C=O) groups excluding carboxylic acids is 3. The Kier molecular flexibility index (Phi) is 10.5. The topological polar surface area (TPSA) is 115 Å². The van der Waals surface area contributed by atoms with Crippen LogP contribution in [0.4, 0.5) is 0 Å². The summed E-state index contributed by atoms with van der Waals surface area (Å²) in [7, 11) is 0. The van der Waals surface area contributed by atoms with Crippen LogP contribution in [0.15, 0.2) is 65.8 Å². The maximum Gasteiger partial charge on any atom is 0.343 e. The molecule has 0 aliphatic heterocycles. The normalized spacial score (nSPS) is 10.6. The number of nitrogens with zero attached hydrogens (tertiary/aromatic N) is 1. The Morgan fingerprint density at radius 2 is 1.55 bits per heavy atom. The molecule has 0 aliphatic rings. The SMILES string of the molecule is CCOc1ccc(C(=O)Oc2ccc(/C=N\NC(=O)CNC(=O)c3ccc(Cl)c(Cl)c3)cc2OCC)cc1. The van der Waals surface area contributed by atoms with Gasteiger partial charge in [0.15, 0.2) is 11.5 Å². The van der Waals surface area contributed by atoms with Crippen molar-refractivity contribution in [1.29, 1.82) is 0 Å². The number of hydrogen-bond donors (Lipinski definition) is 2. The standard InChI is InChI=1S/C27H25Cl2N3O6/c1-3-36-20-9-6-18(7-10-20)27(35)38-23-12-5-17(13-24(23)37-4-2)15-31-32-25(33)16-30-26(34)19-8-11-21(28)22(29)14-19/h5-15H,3-4,16H2,1-2H3,(H,30,34)(H,32,33)/b31-15-. The maximum absolute atomic E-state index is 12.6. The van der Waals surface area contributed by atoms with Crippen LogP contribution in [0.25, 0.3) is 0 Å². The lowest BCUT2D eigenvalue weighted by Gasteiger charge is -2.11. The van der Waals surface area contributed by atoms with Crippen molar-refractivity contribution in [3.8, 4) is 17.2 Å². The zero-order valence-electron chi connectivity index (χ0n) is 20.6. The summed E-state index contributed by atoms with van der Waals surface area (Å²) in [6.07, 6.45) is 1.39. The molecule has 3 rings (SSSR count). The molecule has 0 saturated carbocycles. The molecule has 198 valence electrons. The van der Waals surface area contributed by atoms with E-state index >= 15 is 0 Å². The van der Waals surface area contributed by atoms with Crippen molar-refractivity contribution >= 4 is 47.2 Å². The number of hydrogen-bond acceptors (Lipinski definition) is 7. The fraction of sp³-hybridized carbons (Fsp3) is 0.185. The first-order chi connectivity index (χ1) is 18.3. The second-order valence-electron chi connectivity index (χ2n) is 7.59. The zero-order valence-corrected chi connectivity index (χ0v) is 22.1. The number of rotatable bonds is 11. The van der Waals surface area contributed by atoms with Crippen LogP contribution in [0.5, 0.6) is 17.2 Å². The monoisotopic (exact) mass is 557 g/mol. The molecule has 0 spiro atoms. The van der Waals surface area contributed by atoms with Gasteiger partial charge in [0.25, 0.3) is 11.8 Å². The van der Waals surface area contributed by atoms with E-state index < -0.39 is 17.8 Å². The first-order valence-corrected chi connectivity index (χ1v) is 12.3. The van der Waals surface area contributed by atoms with E-state index in [-0.39, 0.29) is 22.9 Å². The molecular weight excluding hydrogens is 533 g/mol. The molecule has 2 amide bonds. The summed E-state index contributed by atoms with van der Waals surface area (Å²) in [6.45, 7) is 4.23. The zero-order chi connectivity index (χ0) is 27.5. The maximum atomic E-state index is 12.6. The van der Waals surface area contributed by atoms with Gasteiger partial charge < -0.3 is 19.5 Å². The average molecular weight is 558 g/mol. The lowest BCUT2D eigenvalue weighted by molar-refractivity contribution is -0.120. The van der Waals surface area contributed by atoms with E-state index in [9.17, 15) is 14.4 Å². The van der Waals surface area contributed by atoms with Crippen LogP contribution in [0.1, 0.15) is 40.1 Å². The van der Waals surface area contributed by atoms with Gasteiger partial charge in [0.05, 0.1) is 41.6 Å².